The first-order valence-electron chi connectivity index (χ1n) is 11.4. The Morgan fingerprint density at radius 2 is 1.92 bits per heavy atom. The molecule has 0 saturated carbocycles. The van der Waals surface area contributed by atoms with Crippen molar-refractivity contribution in [3.8, 4) is 22.6 Å². The Bertz CT molecular complexity index is 1490. The number of amides is 1. The Morgan fingerprint density at radius 3 is 2.65 bits per heavy atom. The van der Waals surface area contributed by atoms with Crippen molar-refractivity contribution in [3.05, 3.63) is 66.9 Å². The van der Waals surface area contributed by atoms with Crippen LogP contribution in [-0.2, 0) is 4.79 Å². The van der Waals surface area contributed by atoms with Gasteiger partial charge in [-0.05, 0) is 25.3 Å². The van der Waals surface area contributed by atoms with E-state index in [0.29, 0.717) is 39.4 Å². The van der Waals surface area contributed by atoms with Crippen molar-refractivity contribution in [2.45, 2.75) is 6.10 Å². The summed E-state index contributed by atoms with van der Waals surface area (Å²) in [5.74, 6) is 0.957. The number of nitrogens with zero attached hydrogens (tertiary/aromatic N) is 5. The van der Waals surface area contributed by atoms with Crippen LogP contribution in [-0.4, -0.2) is 64.1 Å². The Labute approximate surface area is 218 Å². The Balaban J connectivity index is 1.52. The number of anilines is 3. The Morgan fingerprint density at radius 1 is 1.11 bits per heavy atom. The molecule has 4 heterocycles. The number of benzene rings is 1. The highest BCUT2D eigenvalue weighted by Crippen LogP contribution is 2.39. The molecule has 4 aromatic rings. The van der Waals surface area contributed by atoms with Gasteiger partial charge in [-0.2, -0.15) is 0 Å². The van der Waals surface area contributed by atoms with Gasteiger partial charge in [0, 0.05) is 66.7 Å². The number of methoxy groups -OCH3 is 1. The third-order valence-corrected chi connectivity index (χ3v) is 6.03. The highest BCUT2D eigenvalue weighted by molar-refractivity contribution is 6.30. The quantitative estimate of drug-likeness (QED) is 0.330. The summed E-state index contributed by atoms with van der Waals surface area (Å²) >= 11 is 6.15. The molecule has 0 radical (unpaired) electrons. The van der Waals surface area contributed by atoms with Gasteiger partial charge in [0.05, 0.1) is 29.0 Å². The summed E-state index contributed by atoms with van der Waals surface area (Å²) < 4.78 is 11.7. The van der Waals surface area contributed by atoms with Gasteiger partial charge >= 0.3 is 0 Å². The SMILES string of the molecule is C=CC(=O)Nc1cc(Nc2ncc3cncc(-c4cncc(Cl)c4)c3n2)c(OC)cc1OC1CN(C)C1. The molecule has 2 N–H and O–H groups in total. The number of aromatic nitrogens is 4. The fourth-order valence-electron chi connectivity index (χ4n) is 4.01. The summed E-state index contributed by atoms with van der Waals surface area (Å²) in [5, 5.41) is 7.27. The average molecular weight is 518 g/mol. The van der Waals surface area contributed by atoms with Gasteiger partial charge in [0.25, 0.3) is 0 Å². The summed E-state index contributed by atoms with van der Waals surface area (Å²) in [5.41, 5.74) is 3.23. The van der Waals surface area contributed by atoms with Crippen molar-refractivity contribution in [3.63, 3.8) is 0 Å². The smallest absolute Gasteiger partial charge is 0.247 e. The van der Waals surface area contributed by atoms with Gasteiger partial charge in [-0.25, -0.2) is 9.97 Å². The largest absolute Gasteiger partial charge is 0.494 e. The number of likely N-dealkylation sites (tertiary alicyclic amines) is 1. The van der Waals surface area contributed by atoms with E-state index in [1.807, 2.05) is 7.05 Å². The molecule has 0 aliphatic carbocycles. The zero-order valence-electron chi connectivity index (χ0n) is 20.2. The summed E-state index contributed by atoms with van der Waals surface area (Å²) in [7, 11) is 3.57. The second-order valence-corrected chi connectivity index (χ2v) is 8.97. The van der Waals surface area contributed by atoms with E-state index in [9.17, 15) is 4.79 Å². The molecule has 1 amide bonds. The maximum atomic E-state index is 12.1. The number of halogens is 1. The van der Waals surface area contributed by atoms with Crippen LogP contribution in [0.2, 0.25) is 5.02 Å². The molecule has 10 nitrogen and oxygen atoms in total. The minimum atomic E-state index is -0.360. The minimum absolute atomic E-state index is 0.0183. The van der Waals surface area contributed by atoms with E-state index in [-0.39, 0.29) is 12.0 Å². The fourth-order valence-corrected chi connectivity index (χ4v) is 4.18. The summed E-state index contributed by atoms with van der Waals surface area (Å²) in [6.07, 6.45) is 9.56. The van der Waals surface area contributed by atoms with Gasteiger partial charge in [0.15, 0.2) is 0 Å². The molecular weight excluding hydrogens is 494 g/mol. The number of carbonyl (C=O) groups is 1. The molecule has 11 heteroatoms. The molecule has 37 heavy (non-hydrogen) atoms. The molecule has 0 spiro atoms. The van der Waals surface area contributed by atoms with Crippen LogP contribution >= 0.6 is 11.6 Å². The van der Waals surface area contributed by atoms with Crippen LogP contribution in [0.3, 0.4) is 0 Å². The van der Waals surface area contributed by atoms with Crippen LogP contribution in [0.1, 0.15) is 0 Å². The van der Waals surface area contributed by atoms with Crippen molar-refractivity contribution in [2.75, 3.05) is 37.9 Å². The second-order valence-electron chi connectivity index (χ2n) is 8.54. The maximum absolute atomic E-state index is 12.1. The number of ether oxygens (including phenoxy) is 2. The van der Waals surface area contributed by atoms with E-state index in [0.717, 1.165) is 29.6 Å². The van der Waals surface area contributed by atoms with E-state index < -0.39 is 0 Å². The van der Waals surface area contributed by atoms with Gasteiger partial charge in [0.2, 0.25) is 11.9 Å². The lowest BCUT2D eigenvalue weighted by atomic mass is 10.1. The third kappa shape index (κ3) is 5.30. The number of likely N-dealkylation sites (N-methyl/N-ethyl adjacent to an activating group) is 1. The van der Waals surface area contributed by atoms with Gasteiger partial charge < -0.3 is 20.1 Å². The van der Waals surface area contributed by atoms with E-state index in [1.54, 1.807) is 56.3 Å². The molecule has 5 rings (SSSR count). The fraction of sp³-hybridized carbons (Fsp3) is 0.192. The molecule has 188 valence electrons. The molecule has 1 saturated heterocycles. The third-order valence-electron chi connectivity index (χ3n) is 5.82. The van der Waals surface area contributed by atoms with Crippen LogP contribution in [0.15, 0.2) is 61.8 Å². The first kappa shape index (κ1) is 24.4. The molecule has 1 fully saturated rings. The van der Waals surface area contributed by atoms with Crippen molar-refractivity contribution in [1.29, 1.82) is 0 Å². The Kier molecular flexibility index (Phi) is 6.85. The summed E-state index contributed by atoms with van der Waals surface area (Å²) in [4.78, 5) is 31.9. The number of pyridine rings is 2. The monoisotopic (exact) mass is 517 g/mol. The summed E-state index contributed by atoms with van der Waals surface area (Å²) in [6.45, 7) is 5.12. The molecule has 0 unspecified atom stereocenters. The zero-order chi connectivity index (χ0) is 25.9. The van der Waals surface area contributed by atoms with E-state index in [4.69, 9.17) is 26.1 Å². The molecule has 1 aliphatic heterocycles. The summed E-state index contributed by atoms with van der Waals surface area (Å²) in [6, 6.07) is 5.25. The lowest BCUT2D eigenvalue weighted by Crippen LogP contribution is -2.51. The van der Waals surface area contributed by atoms with Gasteiger partial charge in [-0.15, -0.1) is 0 Å². The van der Waals surface area contributed by atoms with Gasteiger partial charge in [-0.1, -0.05) is 18.2 Å². The number of carbonyl (C=O) groups excluding carboxylic acids is 1. The van der Waals surface area contributed by atoms with E-state index in [1.165, 1.54) is 6.08 Å². The van der Waals surface area contributed by atoms with Crippen LogP contribution < -0.4 is 20.1 Å². The first-order chi connectivity index (χ1) is 17.9. The topological polar surface area (TPSA) is 114 Å². The lowest BCUT2D eigenvalue weighted by molar-refractivity contribution is -0.111. The number of nitrogens with one attached hydrogen (secondary N) is 2. The molecule has 1 aromatic carbocycles. The number of fused-ring (bicyclic) bond motifs is 1. The lowest BCUT2D eigenvalue weighted by Gasteiger charge is -2.36. The maximum Gasteiger partial charge on any atom is 0.247 e. The predicted molar refractivity (Wildman–Crippen MR) is 143 cm³/mol. The Hall–Kier alpha value is -4.28. The van der Waals surface area contributed by atoms with Crippen molar-refractivity contribution < 1.29 is 14.3 Å². The van der Waals surface area contributed by atoms with Crippen LogP contribution in [0, 0.1) is 0 Å². The molecule has 0 atom stereocenters. The van der Waals surface area contributed by atoms with Gasteiger partial charge in [0.1, 0.15) is 17.6 Å². The van der Waals surface area contributed by atoms with Gasteiger partial charge in [-0.3, -0.25) is 19.7 Å². The standard InChI is InChI=1S/C26H24ClN7O3/c1-4-24(35)31-21-6-20(22(36-3)7-23(21)37-18-13-34(2)14-18)32-26-30-10-16-9-29-12-19(25(16)33-26)15-5-17(27)11-28-8-15/h4-12,18H,1,13-14H2,2-3H3,(H,31,35)(H,30,32,33). The van der Waals surface area contributed by atoms with Crippen LogP contribution in [0.4, 0.5) is 17.3 Å². The van der Waals surface area contributed by atoms with E-state index >= 15 is 0 Å². The highest BCUT2D eigenvalue weighted by atomic mass is 35.5. The predicted octanol–water partition coefficient (Wildman–Crippen LogP) is 4.31. The molecule has 0 bridgehead atoms. The molecule has 3 aromatic heterocycles. The normalized spacial score (nSPS) is 13.6. The van der Waals surface area contributed by atoms with Crippen molar-refractivity contribution in [1.82, 2.24) is 24.8 Å². The zero-order valence-corrected chi connectivity index (χ0v) is 21.0. The highest BCUT2D eigenvalue weighted by Gasteiger charge is 2.27. The van der Waals surface area contributed by atoms with E-state index in [2.05, 4.69) is 37.1 Å². The van der Waals surface area contributed by atoms with Crippen molar-refractivity contribution >= 4 is 45.7 Å². The van der Waals surface area contributed by atoms with Crippen molar-refractivity contribution in [2.24, 2.45) is 0 Å². The van der Waals surface area contributed by atoms with Crippen LogP contribution in [0.5, 0.6) is 11.5 Å². The number of hydrogen-bond acceptors (Lipinski definition) is 9. The average Bonchev–Trinajstić information content (AvgIpc) is 2.88. The molecular formula is C26H24ClN7O3. The molecule has 1 aliphatic rings. The number of hydrogen-bond donors (Lipinski definition) is 2. The van der Waals surface area contributed by atoms with Crippen LogP contribution in [0.25, 0.3) is 22.0 Å². The number of rotatable bonds is 8. The minimum Gasteiger partial charge on any atom is -0.494 e. The first-order valence-corrected chi connectivity index (χ1v) is 11.8. The second kappa shape index (κ2) is 10.4.